The highest BCUT2D eigenvalue weighted by atomic mass is 16.5. The van der Waals surface area contributed by atoms with E-state index in [1.807, 2.05) is 61.5 Å². The van der Waals surface area contributed by atoms with Gasteiger partial charge in [0.2, 0.25) is 0 Å². The van der Waals surface area contributed by atoms with Crippen LogP contribution in [0.4, 0.5) is 5.69 Å². The number of hydrogen-bond donors (Lipinski definition) is 0. The van der Waals surface area contributed by atoms with E-state index < -0.39 is 0 Å². The van der Waals surface area contributed by atoms with Gasteiger partial charge in [0.05, 0.1) is 26.9 Å². The van der Waals surface area contributed by atoms with Gasteiger partial charge in [0.25, 0.3) is 5.91 Å². The molecule has 0 unspecified atom stereocenters. The zero-order chi connectivity index (χ0) is 26.0. The van der Waals surface area contributed by atoms with E-state index in [-0.39, 0.29) is 11.5 Å². The molecular weight excluding hydrogens is 468 g/mol. The Morgan fingerprint density at radius 2 is 1.78 bits per heavy atom. The fourth-order valence-corrected chi connectivity index (χ4v) is 4.13. The molecule has 7 nitrogen and oxygen atoms in total. The molecule has 1 amide bonds. The molecule has 190 valence electrons. The smallest absolute Gasteiger partial charge is 0.268 e. The van der Waals surface area contributed by atoms with Crippen LogP contribution in [-0.4, -0.2) is 39.4 Å². The van der Waals surface area contributed by atoms with Crippen LogP contribution in [0, 0.1) is 11.3 Å². The summed E-state index contributed by atoms with van der Waals surface area (Å²) in [4.78, 5) is 14.8. The topological polar surface area (TPSA) is 81.0 Å². The van der Waals surface area contributed by atoms with Crippen molar-refractivity contribution in [2.45, 2.75) is 19.8 Å². The Bertz CT molecular complexity index is 1310. The number of methoxy groups -OCH3 is 1. The molecule has 0 fully saturated rings. The van der Waals surface area contributed by atoms with Gasteiger partial charge in [-0.2, -0.15) is 5.26 Å². The first kappa shape index (κ1) is 25.6. The molecule has 3 aromatic rings. The van der Waals surface area contributed by atoms with Gasteiger partial charge in [0.1, 0.15) is 23.1 Å². The second-order valence-corrected chi connectivity index (χ2v) is 8.37. The number of carbonyl (C=O) groups is 1. The van der Waals surface area contributed by atoms with Crippen LogP contribution in [0.5, 0.6) is 23.0 Å². The lowest BCUT2D eigenvalue weighted by Crippen LogP contribution is -2.29. The highest BCUT2D eigenvalue weighted by molar-refractivity contribution is 6.12. The minimum absolute atomic E-state index is 0.0718. The third-order valence-corrected chi connectivity index (χ3v) is 5.92. The van der Waals surface area contributed by atoms with Crippen LogP contribution in [0.1, 0.15) is 24.5 Å². The molecule has 1 heterocycles. The first-order valence-electron chi connectivity index (χ1n) is 12.3. The number of fused-ring (bicyclic) bond motifs is 1. The molecule has 0 spiro atoms. The largest absolute Gasteiger partial charge is 0.497 e. The fraction of sp³-hybridized carbons (Fsp3) is 0.267. The number of nitriles is 1. The van der Waals surface area contributed by atoms with E-state index in [0.29, 0.717) is 49.8 Å². The molecule has 0 saturated heterocycles. The molecule has 0 saturated carbocycles. The normalized spacial score (nSPS) is 12.5. The third-order valence-electron chi connectivity index (χ3n) is 5.92. The Morgan fingerprint density at radius 3 is 2.59 bits per heavy atom. The maximum atomic E-state index is 13.1. The van der Waals surface area contributed by atoms with Crippen molar-refractivity contribution in [2.24, 2.45) is 0 Å². The van der Waals surface area contributed by atoms with Gasteiger partial charge in [0, 0.05) is 24.7 Å². The van der Waals surface area contributed by atoms with E-state index in [1.165, 1.54) is 0 Å². The summed E-state index contributed by atoms with van der Waals surface area (Å²) in [5.41, 5.74) is 2.74. The van der Waals surface area contributed by atoms with E-state index in [9.17, 15) is 10.1 Å². The lowest BCUT2D eigenvalue weighted by molar-refractivity contribution is -0.114. The van der Waals surface area contributed by atoms with Crippen molar-refractivity contribution in [1.82, 2.24) is 0 Å². The second-order valence-electron chi connectivity index (χ2n) is 8.37. The average molecular weight is 499 g/mol. The molecule has 37 heavy (non-hydrogen) atoms. The zero-order valence-corrected chi connectivity index (χ0v) is 21.1. The molecule has 0 aliphatic carbocycles. The summed E-state index contributed by atoms with van der Waals surface area (Å²) in [5, 5.41) is 9.73. The maximum Gasteiger partial charge on any atom is 0.268 e. The van der Waals surface area contributed by atoms with E-state index in [2.05, 4.69) is 6.07 Å². The van der Waals surface area contributed by atoms with Crippen molar-refractivity contribution in [1.29, 1.82) is 5.26 Å². The number of ether oxygens (including phenoxy) is 4. The molecule has 0 N–H and O–H groups in total. The second kappa shape index (κ2) is 12.5. The standard InChI is InChI=1S/C30H30N2O5/c1-3-35-29-19-22(18-24(21-31)30(33)32-15-14-23-8-4-5-11-27(23)32)12-13-28(29)37-17-7-16-36-26-10-6-9-25(20-26)34-2/h4-6,8-13,18-20H,3,7,14-17H2,1-2H3. The Labute approximate surface area is 217 Å². The first-order chi connectivity index (χ1) is 18.1. The zero-order valence-electron chi connectivity index (χ0n) is 21.1. The first-order valence-corrected chi connectivity index (χ1v) is 12.3. The van der Waals surface area contributed by atoms with Crippen molar-refractivity contribution in [3.8, 4) is 29.1 Å². The van der Waals surface area contributed by atoms with E-state index in [0.717, 1.165) is 29.2 Å². The lowest BCUT2D eigenvalue weighted by Gasteiger charge is -2.17. The van der Waals surface area contributed by atoms with Crippen LogP contribution < -0.4 is 23.8 Å². The van der Waals surface area contributed by atoms with Crippen molar-refractivity contribution in [3.63, 3.8) is 0 Å². The summed E-state index contributed by atoms with van der Waals surface area (Å²) in [6, 6.07) is 22.7. The molecule has 4 rings (SSSR count). The minimum Gasteiger partial charge on any atom is -0.497 e. The van der Waals surface area contributed by atoms with Crippen molar-refractivity contribution < 1.29 is 23.7 Å². The predicted octanol–water partition coefficient (Wildman–Crippen LogP) is 5.44. The van der Waals surface area contributed by atoms with Crippen LogP contribution in [-0.2, 0) is 11.2 Å². The monoisotopic (exact) mass is 498 g/mol. The number of anilines is 1. The molecule has 1 aliphatic rings. The van der Waals surface area contributed by atoms with Gasteiger partial charge in [-0.05, 0) is 60.9 Å². The van der Waals surface area contributed by atoms with Crippen LogP contribution >= 0.6 is 0 Å². The highest BCUT2D eigenvalue weighted by Gasteiger charge is 2.26. The number of rotatable bonds is 11. The number of carbonyl (C=O) groups excluding carboxylic acids is 1. The van der Waals surface area contributed by atoms with E-state index in [1.54, 1.807) is 30.2 Å². The van der Waals surface area contributed by atoms with Crippen molar-refractivity contribution in [2.75, 3.05) is 38.4 Å². The summed E-state index contributed by atoms with van der Waals surface area (Å²) in [7, 11) is 1.62. The quantitative estimate of drug-likeness (QED) is 0.199. The summed E-state index contributed by atoms with van der Waals surface area (Å²) in [6.45, 7) is 3.84. The van der Waals surface area contributed by atoms with Gasteiger partial charge in [-0.1, -0.05) is 30.3 Å². The van der Waals surface area contributed by atoms with Crippen LogP contribution in [0.25, 0.3) is 6.08 Å². The molecular formula is C30H30N2O5. The van der Waals surface area contributed by atoms with Crippen molar-refractivity contribution >= 4 is 17.7 Å². The molecule has 0 atom stereocenters. The molecule has 0 aromatic heterocycles. The van der Waals surface area contributed by atoms with Gasteiger partial charge in [0.15, 0.2) is 11.5 Å². The third kappa shape index (κ3) is 6.42. The van der Waals surface area contributed by atoms with E-state index in [4.69, 9.17) is 18.9 Å². The highest BCUT2D eigenvalue weighted by Crippen LogP contribution is 2.31. The molecule has 1 aliphatic heterocycles. The Hall–Kier alpha value is -4.44. The fourth-order valence-electron chi connectivity index (χ4n) is 4.13. The summed E-state index contributed by atoms with van der Waals surface area (Å²) in [6.07, 6.45) is 3.05. The Morgan fingerprint density at radius 1 is 0.973 bits per heavy atom. The molecule has 3 aromatic carbocycles. The predicted molar refractivity (Wildman–Crippen MR) is 142 cm³/mol. The number of hydrogen-bond acceptors (Lipinski definition) is 6. The van der Waals surface area contributed by atoms with Gasteiger partial charge >= 0.3 is 0 Å². The number of amides is 1. The molecule has 0 radical (unpaired) electrons. The van der Waals surface area contributed by atoms with Crippen molar-refractivity contribution in [3.05, 3.63) is 83.4 Å². The minimum atomic E-state index is -0.304. The number of nitrogens with zero attached hydrogens (tertiary/aromatic N) is 2. The Kier molecular flexibility index (Phi) is 8.66. The van der Waals surface area contributed by atoms with Gasteiger partial charge in [-0.3, -0.25) is 4.79 Å². The summed E-state index contributed by atoms with van der Waals surface area (Å²) >= 11 is 0. The van der Waals surface area contributed by atoms with Crippen LogP contribution in [0.15, 0.2) is 72.3 Å². The SMILES string of the molecule is CCOc1cc(C=C(C#N)C(=O)N2CCc3ccccc32)ccc1OCCCOc1cccc(OC)c1. The molecule has 0 bridgehead atoms. The number of para-hydroxylation sites is 1. The Balaban J connectivity index is 1.39. The summed E-state index contributed by atoms with van der Waals surface area (Å²) < 4.78 is 22.7. The number of benzene rings is 3. The summed E-state index contributed by atoms with van der Waals surface area (Å²) in [5.74, 6) is 2.34. The maximum absolute atomic E-state index is 13.1. The van der Waals surface area contributed by atoms with Crippen LogP contribution in [0.2, 0.25) is 0 Å². The van der Waals surface area contributed by atoms with E-state index >= 15 is 0 Å². The lowest BCUT2D eigenvalue weighted by atomic mass is 10.1. The van der Waals surface area contributed by atoms with Gasteiger partial charge < -0.3 is 23.8 Å². The van der Waals surface area contributed by atoms with Crippen LogP contribution in [0.3, 0.4) is 0 Å². The average Bonchev–Trinajstić information content (AvgIpc) is 3.36. The molecule has 7 heteroatoms. The van der Waals surface area contributed by atoms with Gasteiger partial charge in [-0.15, -0.1) is 0 Å². The van der Waals surface area contributed by atoms with Gasteiger partial charge in [-0.25, -0.2) is 0 Å².